The van der Waals surface area contributed by atoms with Gasteiger partial charge in [-0.05, 0) is 74.1 Å². The summed E-state index contributed by atoms with van der Waals surface area (Å²) in [6.07, 6.45) is 1.57. The molecule has 0 radical (unpaired) electrons. The number of rotatable bonds is 5. The molecule has 0 spiro atoms. The van der Waals surface area contributed by atoms with E-state index in [4.69, 9.17) is 26.1 Å². The normalized spacial score (nSPS) is 22.8. The summed E-state index contributed by atoms with van der Waals surface area (Å²) in [5, 5.41) is 2.27. The van der Waals surface area contributed by atoms with E-state index in [1.54, 1.807) is 4.90 Å². The SMILES string of the molecule is CSC(=S)O[C@@]1(Cc2cccc3ccccc23)C(O[SiH](C)C)[C@H](C(C)(C)C)CN1C(=O)OC(C)(C)C. The first-order valence-corrected chi connectivity index (χ1v) is 17.0. The van der Waals surface area contributed by atoms with Crippen molar-refractivity contribution in [1.82, 2.24) is 4.90 Å². The zero-order valence-corrected chi connectivity index (χ0v) is 25.9. The summed E-state index contributed by atoms with van der Waals surface area (Å²) < 4.78 is 19.8. The molecule has 0 aromatic heterocycles. The summed E-state index contributed by atoms with van der Waals surface area (Å²) in [6.45, 7) is 17.0. The maximum Gasteiger partial charge on any atom is 0.413 e. The number of ether oxygens (including phenoxy) is 2. The Balaban J connectivity index is 2.27. The van der Waals surface area contributed by atoms with Crippen LogP contribution in [-0.4, -0.2) is 54.6 Å². The minimum atomic E-state index is -1.54. The third-order valence-electron chi connectivity index (χ3n) is 6.54. The van der Waals surface area contributed by atoms with Gasteiger partial charge in [0.25, 0.3) is 0 Å². The maximum atomic E-state index is 13.8. The first-order valence-electron chi connectivity index (χ1n) is 12.6. The van der Waals surface area contributed by atoms with Crippen molar-refractivity contribution in [2.24, 2.45) is 11.3 Å². The highest BCUT2D eigenvalue weighted by molar-refractivity contribution is 8.22. The molecular formula is C28H41NO4S2Si. The van der Waals surface area contributed by atoms with E-state index in [0.29, 0.717) is 17.3 Å². The zero-order chi connectivity index (χ0) is 26.9. The van der Waals surface area contributed by atoms with Crippen LogP contribution in [0.1, 0.15) is 47.1 Å². The number of carbonyl (C=O) groups is 1. The Morgan fingerprint density at radius 3 is 2.33 bits per heavy atom. The number of hydrogen-bond donors (Lipinski definition) is 0. The highest BCUT2D eigenvalue weighted by Crippen LogP contribution is 2.48. The monoisotopic (exact) mass is 547 g/mol. The quantitative estimate of drug-likeness (QED) is 0.296. The first-order chi connectivity index (χ1) is 16.7. The van der Waals surface area contributed by atoms with Gasteiger partial charge < -0.3 is 13.9 Å². The van der Waals surface area contributed by atoms with Crippen molar-refractivity contribution in [2.75, 3.05) is 12.8 Å². The minimum Gasteiger partial charge on any atom is -0.448 e. The van der Waals surface area contributed by atoms with Gasteiger partial charge in [0.1, 0.15) is 11.7 Å². The number of likely N-dealkylation sites (tertiary alicyclic amines) is 1. The minimum absolute atomic E-state index is 0.0274. The van der Waals surface area contributed by atoms with Gasteiger partial charge in [0.15, 0.2) is 9.04 Å². The van der Waals surface area contributed by atoms with Crippen molar-refractivity contribution in [1.29, 1.82) is 0 Å². The lowest BCUT2D eigenvalue weighted by Gasteiger charge is -2.44. The van der Waals surface area contributed by atoms with Crippen LogP contribution in [-0.2, 0) is 20.3 Å². The largest absolute Gasteiger partial charge is 0.448 e. The van der Waals surface area contributed by atoms with Gasteiger partial charge in [-0.15, -0.1) is 0 Å². The van der Waals surface area contributed by atoms with E-state index in [1.807, 2.05) is 39.2 Å². The van der Waals surface area contributed by atoms with Gasteiger partial charge in [0.2, 0.25) is 10.1 Å². The van der Waals surface area contributed by atoms with Gasteiger partial charge in [0.05, 0.1) is 0 Å². The molecule has 1 saturated heterocycles. The Morgan fingerprint density at radius 2 is 1.75 bits per heavy atom. The lowest BCUT2D eigenvalue weighted by atomic mass is 9.76. The number of hydrogen-bond acceptors (Lipinski definition) is 6. The van der Waals surface area contributed by atoms with E-state index in [9.17, 15) is 4.79 Å². The number of carbonyl (C=O) groups excluding carboxylic acids is 1. The molecule has 0 N–H and O–H groups in total. The standard InChI is InChI=1S/C28H41NO4S2Si/c1-26(2,3)22-18-29(24(30)31-27(4,5)6)28(32-25(34)35-7,23(22)33-36(8)9)17-20-15-12-14-19-13-10-11-16-21(19)20/h10-16,22-23,36H,17-18H2,1-9H3/t22-,23?,28+/m1/s1. The third-order valence-corrected chi connectivity index (χ3v) is 8.38. The lowest BCUT2D eigenvalue weighted by Crippen LogP contribution is -2.59. The first kappa shape index (κ1) is 29.0. The van der Waals surface area contributed by atoms with E-state index < -0.39 is 26.5 Å². The smallest absolute Gasteiger partial charge is 0.413 e. The van der Waals surface area contributed by atoms with Gasteiger partial charge in [-0.1, -0.05) is 75.0 Å². The maximum absolute atomic E-state index is 13.8. The number of thioether (sulfide) groups is 1. The predicted molar refractivity (Wildman–Crippen MR) is 157 cm³/mol. The van der Waals surface area contributed by atoms with Gasteiger partial charge >= 0.3 is 6.09 Å². The Labute approximate surface area is 228 Å². The Kier molecular flexibility index (Phi) is 8.86. The predicted octanol–water partition coefficient (Wildman–Crippen LogP) is 7.02. The van der Waals surface area contributed by atoms with Crippen molar-refractivity contribution in [3.8, 4) is 0 Å². The van der Waals surface area contributed by atoms with Crippen LogP contribution in [0.4, 0.5) is 4.79 Å². The van der Waals surface area contributed by atoms with Crippen LogP contribution in [0.3, 0.4) is 0 Å². The van der Waals surface area contributed by atoms with E-state index in [0.717, 1.165) is 16.3 Å². The van der Waals surface area contributed by atoms with Crippen LogP contribution >= 0.6 is 24.0 Å². The molecule has 8 heteroatoms. The van der Waals surface area contributed by atoms with Crippen molar-refractivity contribution in [3.63, 3.8) is 0 Å². The summed E-state index contributed by atoms with van der Waals surface area (Å²) in [5.41, 5.74) is -0.842. The topological polar surface area (TPSA) is 48.0 Å². The molecule has 1 heterocycles. The number of benzene rings is 2. The molecule has 1 aliphatic heterocycles. The number of amides is 1. The Morgan fingerprint density at radius 1 is 1.11 bits per heavy atom. The van der Waals surface area contributed by atoms with Crippen molar-refractivity contribution < 1.29 is 18.7 Å². The average molecular weight is 548 g/mol. The molecule has 2 aromatic carbocycles. The molecule has 1 amide bonds. The number of fused-ring (bicyclic) bond motifs is 1. The molecule has 3 atom stereocenters. The number of nitrogens with zero attached hydrogens (tertiary/aromatic N) is 1. The van der Waals surface area contributed by atoms with Crippen LogP contribution in [0.2, 0.25) is 13.1 Å². The molecule has 3 rings (SSSR count). The second-order valence-corrected chi connectivity index (χ2v) is 15.7. The molecule has 1 unspecified atom stereocenters. The highest BCUT2D eigenvalue weighted by atomic mass is 32.2. The molecule has 36 heavy (non-hydrogen) atoms. The molecule has 1 fully saturated rings. The molecule has 0 saturated carbocycles. The van der Waals surface area contributed by atoms with Gasteiger partial charge in [-0.25, -0.2) is 4.79 Å². The fraction of sp³-hybridized carbons (Fsp3) is 0.571. The van der Waals surface area contributed by atoms with Gasteiger partial charge in [0, 0.05) is 18.9 Å². The molecule has 0 aliphatic carbocycles. The van der Waals surface area contributed by atoms with Crippen LogP contribution < -0.4 is 0 Å². The van der Waals surface area contributed by atoms with Gasteiger partial charge in [-0.3, -0.25) is 4.90 Å². The average Bonchev–Trinajstić information content (AvgIpc) is 3.06. The molecule has 1 aliphatic rings. The van der Waals surface area contributed by atoms with E-state index in [1.165, 1.54) is 11.8 Å². The van der Waals surface area contributed by atoms with Crippen LogP contribution in [0.15, 0.2) is 42.5 Å². The van der Waals surface area contributed by atoms with Crippen molar-refractivity contribution in [2.45, 2.75) is 78.5 Å². The van der Waals surface area contributed by atoms with Crippen LogP contribution in [0, 0.1) is 11.3 Å². The van der Waals surface area contributed by atoms with Gasteiger partial charge in [-0.2, -0.15) is 0 Å². The second kappa shape index (κ2) is 11.0. The van der Waals surface area contributed by atoms with Crippen molar-refractivity contribution >= 4 is 54.3 Å². The van der Waals surface area contributed by atoms with Crippen LogP contribution in [0.5, 0.6) is 0 Å². The third kappa shape index (κ3) is 6.44. The summed E-state index contributed by atoms with van der Waals surface area (Å²) in [5.74, 6) is 0.0274. The molecular weight excluding hydrogens is 507 g/mol. The Bertz CT molecular complexity index is 1090. The van der Waals surface area contributed by atoms with E-state index in [2.05, 4.69) is 64.2 Å². The summed E-state index contributed by atoms with van der Waals surface area (Å²) in [6, 6.07) is 14.6. The highest BCUT2D eigenvalue weighted by Gasteiger charge is 2.62. The van der Waals surface area contributed by atoms with Crippen LogP contribution in [0.25, 0.3) is 10.8 Å². The second-order valence-electron chi connectivity index (χ2n) is 11.9. The zero-order valence-electron chi connectivity index (χ0n) is 23.1. The molecule has 198 valence electrons. The summed E-state index contributed by atoms with van der Waals surface area (Å²) in [4.78, 5) is 15.6. The lowest BCUT2D eigenvalue weighted by molar-refractivity contribution is -0.122. The molecule has 0 bridgehead atoms. The van der Waals surface area contributed by atoms with E-state index >= 15 is 0 Å². The summed E-state index contributed by atoms with van der Waals surface area (Å²) in [7, 11) is -1.54. The number of thiocarbonyl (C=S) groups is 1. The fourth-order valence-electron chi connectivity index (χ4n) is 4.93. The molecule has 2 aromatic rings. The summed E-state index contributed by atoms with van der Waals surface area (Å²) >= 11 is 7.01. The van der Waals surface area contributed by atoms with Crippen molar-refractivity contribution in [3.05, 3.63) is 48.0 Å². The Hall–Kier alpha value is -1.61. The van der Waals surface area contributed by atoms with E-state index in [-0.39, 0.29) is 17.4 Å². The fourth-order valence-corrected chi connectivity index (χ4v) is 6.29. The molecule has 5 nitrogen and oxygen atoms in total.